The van der Waals surface area contributed by atoms with Gasteiger partial charge in [-0.15, -0.1) is 0 Å². The van der Waals surface area contributed by atoms with Crippen LogP contribution in [0.2, 0.25) is 0 Å². The molecule has 1 aromatic carbocycles. The Labute approximate surface area is 185 Å². The van der Waals surface area contributed by atoms with Gasteiger partial charge in [-0.25, -0.2) is 19.0 Å². The number of primary amides is 1. The molecule has 32 heavy (non-hydrogen) atoms. The Kier molecular flexibility index (Phi) is 6.64. The Balaban J connectivity index is 2.04. The van der Waals surface area contributed by atoms with Crippen LogP contribution in [0.3, 0.4) is 0 Å². The van der Waals surface area contributed by atoms with Crippen LogP contribution in [0.4, 0.5) is 4.39 Å². The number of carbonyl (C=O) groups is 2. The monoisotopic (exact) mass is 434 g/mol. The number of aryl methyl sites for hydroxylation is 1. The molecule has 0 aliphatic heterocycles. The number of hydrogen-bond donors (Lipinski definition) is 1. The van der Waals surface area contributed by atoms with Crippen molar-refractivity contribution >= 4 is 11.8 Å². The molecule has 3 aromatic rings. The van der Waals surface area contributed by atoms with E-state index < -0.39 is 17.6 Å². The van der Waals surface area contributed by atoms with E-state index >= 15 is 0 Å². The third-order valence-corrected chi connectivity index (χ3v) is 4.88. The smallest absolute Gasteiger partial charge is 0.267 e. The lowest BCUT2D eigenvalue weighted by Gasteiger charge is -2.16. The first kappa shape index (κ1) is 22.6. The average molecular weight is 434 g/mol. The van der Waals surface area contributed by atoms with E-state index in [-0.39, 0.29) is 23.0 Å². The van der Waals surface area contributed by atoms with E-state index in [1.807, 2.05) is 13.8 Å². The maximum atomic E-state index is 14.4. The van der Waals surface area contributed by atoms with Crippen LogP contribution in [-0.2, 0) is 4.79 Å². The third-order valence-electron chi connectivity index (χ3n) is 4.88. The van der Waals surface area contributed by atoms with Crippen LogP contribution in [0.25, 0.3) is 17.2 Å². The summed E-state index contributed by atoms with van der Waals surface area (Å²) in [6.07, 6.45) is 1.60. The van der Waals surface area contributed by atoms with Gasteiger partial charge in [-0.1, -0.05) is 11.8 Å². The van der Waals surface area contributed by atoms with Crippen LogP contribution in [0, 0.1) is 30.5 Å². The number of halogens is 1. The summed E-state index contributed by atoms with van der Waals surface area (Å²) in [5, 5.41) is 4.20. The number of hydrogen-bond acceptors (Lipinski definition) is 5. The van der Waals surface area contributed by atoms with Crippen molar-refractivity contribution in [3.8, 4) is 29.0 Å². The molecule has 0 saturated heterocycles. The number of nitrogens with two attached hydrogens (primary N) is 1. The molecule has 0 aliphatic rings. The quantitative estimate of drug-likeness (QED) is 0.621. The fourth-order valence-electron chi connectivity index (χ4n) is 2.90. The molecule has 3 rings (SSSR count). The predicted molar refractivity (Wildman–Crippen MR) is 117 cm³/mol. The van der Waals surface area contributed by atoms with Crippen LogP contribution < -0.4 is 5.73 Å². The highest BCUT2D eigenvalue weighted by molar-refractivity contribution is 5.91. The van der Waals surface area contributed by atoms with E-state index in [0.717, 1.165) is 5.69 Å². The molecule has 164 valence electrons. The van der Waals surface area contributed by atoms with E-state index in [4.69, 9.17) is 5.73 Å². The van der Waals surface area contributed by atoms with Crippen molar-refractivity contribution in [3.63, 3.8) is 0 Å². The van der Waals surface area contributed by atoms with Gasteiger partial charge in [0.05, 0.1) is 11.5 Å². The first-order chi connectivity index (χ1) is 15.2. The second-order valence-electron chi connectivity index (χ2n) is 7.22. The molecule has 9 heteroatoms. The van der Waals surface area contributed by atoms with Crippen LogP contribution in [0.1, 0.15) is 35.6 Å². The first-order valence-electron chi connectivity index (χ1n) is 9.97. The molecule has 0 radical (unpaired) electrons. The Morgan fingerprint density at radius 2 is 2.00 bits per heavy atom. The van der Waals surface area contributed by atoms with Crippen LogP contribution in [0.15, 0.2) is 36.5 Å². The van der Waals surface area contributed by atoms with Gasteiger partial charge in [0.2, 0.25) is 5.91 Å². The molecular weight excluding hydrogens is 411 g/mol. The van der Waals surface area contributed by atoms with Gasteiger partial charge in [0, 0.05) is 37.1 Å². The topological polar surface area (TPSA) is 107 Å². The fraction of sp³-hybridized carbons (Fsp3) is 0.261. The molecule has 0 spiro atoms. The molecule has 1 unspecified atom stereocenters. The van der Waals surface area contributed by atoms with E-state index in [0.29, 0.717) is 17.9 Å². The van der Waals surface area contributed by atoms with Gasteiger partial charge >= 0.3 is 0 Å². The number of benzene rings is 1. The van der Waals surface area contributed by atoms with Crippen molar-refractivity contribution in [1.82, 2.24) is 24.6 Å². The van der Waals surface area contributed by atoms with Gasteiger partial charge in [-0.3, -0.25) is 9.59 Å². The second kappa shape index (κ2) is 9.39. The van der Waals surface area contributed by atoms with Gasteiger partial charge in [0.1, 0.15) is 11.5 Å². The average Bonchev–Trinajstić information content (AvgIpc) is 3.22. The molecule has 2 heterocycles. The maximum absolute atomic E-state index is 14.4. The Bertz CT molecular complexity index is 1240. The summed E-state index contributed by atoms with van der Waals surface area (Å²) in [7, 11) is 1.68. The SMILES string of the molecule is CCN(C)C(=O)C(C)C#Cc1cc(-c2nc(C(N)=O)cc(-n3nccc3C)n2)ccc1F. The zero-order valence-corrected chi connectivity index (χ0v) is 18.3. The lowest BCUT2D eigenvalue weighted by atomic mass is 10.1. The largest absolute Gasteiger partial charge is 0.364 e. The third kappa shape index (κ3) is 4.81. The number of carbonyl (C=O) groups excluding carboxylic acids is 2. The summed E-state index contributed by atoms with van der Waals surface area (Å²) in [5.74, 6) is 4.04. The van der Waals surface area contributed by atoms with Gasteiger partial charge in [-0.05, 0) is 45.0 Å². The van der Waals surface area contributed by atoms with Gasteiger partial charge in [-0.2, -0.15) is 5.10 Å². The van der Waals surface area contributed by atoms with Crippen molar-refractivity contribution in [2.75, 3.05) is 13.6 Å². The molecule has 0 aliphatic carbocycles. The maximum Gasteiger partial charge on any atom is 0.267 e. The molecule has 1 atom stereocenters. The number of rotatable bonds is 5. The molecule has 0 fully saturated rings. The Morgan fingerprint density at radius 3 is 2.62 bits per heavy atom. The highest BCUT2D eigenvalue weighted by Crippen LogP contribution is 2.21. The molecule has 0 saturated carbocycles. The van der Waals surface area contributed by atoms with Gasteiger partial charge in [0.15, 0.2) is 11.6 Å². The van der Waals surface area contributed by atoms with E-state index in [1.54, 1.807) is 35.8 Å². The predicted octanol–water partition coefficient (Wildman–Crippen LogP) is 2.34. The van der Waals surface area contributed by atoms with Gasteiger partial charge in [0.25, 0.3) is 5.91 Å². The minimum Gasteiger partial charge on any atom is -0.364 e. The molecule has 2 aromatic heterocycles. The standard InChI is InChI=1S/C23H23FN6O2/c1-5-29(4)23(32)14(2)6-7-16-12-17(8-9-18(16)24)22-27-19(21(25)31)13-20(28-22)30-15(3)10-11-26-30/h8-14H,5H2,1-4H3,(H2,25,31). The van der Waals surface area contributed by atoms with Crippen molar-refractivity contribution in [1.29, 1.82) is 0 Å². The van der Waals surface area contributed by atoms with Gasteiger partial charge < -0.3 is 10.6 Å². The summed E-state index contributed by atoms with van der Waals surface area (Å²) in [6, 6.07) is 7.43. The van der Waals surface area contributed by atoms with Crippen molar-refractivity contribution in [3.05, 3.63) is 59.3 Å². The highest BCUT2D eigenvalue weighted by Gasteiger charge is 2.16. The van der Waals surface area contributed by atoms with E-state index in [9.17, 15) is 14.0 Å². The number of aromatic nitrogens is 4. The first-order valence-corrected chi connectivity index (χ1v) is 9.97. The summed E-state index contributed by atoms with van der Waals surface area (Å²) < 4.78 is 15.9. The fourth-order valence-corrected chi connectivity index (χ4v) is 2.90. The number of amides is 2. The second-order valence-corrected chi connectivity index (χ2v) is 7.22. The lowest BCUT2D eigenvalue weighted by molar-refractivity contribution is -0.131. The van der Waals surface area contributed by atoms with Crippen molar-refractivity contribution in [2.24, 2.45) is 11.7 Å². The van der Waals surface area contributed by atoms with Crippen LogP contribution in [0.5, 0.6) is 0 Å². The summed E-state index contributed by atoms with van der Waals surface area (Å²) in [6.45, 7) is 5.92. The highest BCUT2D eigenvalue weighted by atomic mass is 19.1. The lowest BCUT2D eigenvalue weighted by Crippen LogP contribution is -2.30. The molecule has 8 nitrogen and oxygen atoms in total. The van der Waals surface area contributed by atoms with E-state index in [2.05, 4.69) is 26.9 Å². The summed E-state index contributed by atoms with van der Waals surface area (Å²) in [5.41, 5.74) is 6.77. The molecule has 2 N–H and O–H groups in total. The zero-order chi connectivity index (χ0) is 23.4. The summed E-state index contributed by atoms with van der Waals surface area (Å²) in [4.78, 5) is 34.3. The Morgan fingerprint density at radius 1 is 1.25 bits per heavy atom. The molecule has 2 amide bonds. The molecular formula is C23H23FN6O2. The minimum absolute atomic E-state index is 0.00122. The molecule has 0 bridgehead atoms. The van der Waals surface area contributed by atoms with Crippen molar-refractivity contribution in [2.45, 2.75) is 20.8 Å². The summed E-state index contributed by atoms with van der Waals surface area (Å²) >= 11 is 0. The normalized spacial score (nSPS) is 11.4. The van der Waals surface area contributed by atoms with Crippen molar-refractivity contribution < 1.29 is 14.0 Å². The number of nitrogens with zero attached hydrogens (tertiary/aromatic N) is 5. The Hall–Kier alpha value is -4.06. The van der Waals surface area contributed by atoms with E-state index in [1.165, 1.54) is 24.3 Å². The van der Waals surface area contributed by atoms with Crippen LogP contribution in [-0.4, -0.2) is 50.1 Å². The zero-order valence-electron chi connectivity index (χ0n) is 18.3. The van der Waals surface area contributed by atoms with Crippen LogP contribution >= 0.6 is 0 Å². The minimum atomic E-state index is -0.728.